The smallest absolute Gasteiger partial charge is 0.338 e. The van der Waals surface area contributed by atoms with Crippen molar-refractivity contribution in [2.75, 3.05) is 49.4 Å². The molecule has 0 spiro atoms. The molecule has 80 heavy (non-hydrogen) atoms. The first-order chi connectivity index (χ1) is 38.7. The minimum Gasteiger partial charge on any atom is -0.463 e. The molecule has 0 radical (unpaired) electrons. The lowest BCUT2D eigenvalue weighted by atomic mass is 9.80. The maximum Gasteiger partial charge on any atom is 0.338 e. The van der Waals surface area contributed by atoms with Crippen molar-refractivity contribution in [1.82, 2.24) is 0 Å². The molecule has 0 heterocycles. The number of benzene rings is 4. The zero-order valence-corrected chi connectivity index (χ0v) is 46.9. The predicted molar refractivity (Wildman–Crippen MR) is 313 cm³/mol. The number of esters is 6. The minimum absolute atomic E-state index is 0.00254. The molecule has 0 saturated heterocycles. The van der Waals surface area contributed by atoms with Crippen LogP contribution in [0.25, 0.3) is 12.2 Å². The summed E-state index contributed by atoms with van der Waals surface area (Å²) in [5.41, 5.74) is 26.6. The molecule has 2 aliphatic rings. The van der Waals surface area contributed by atoms with Crippen molar-refractivity contribution in [2.24, 2.45) is 23.7 Å². The third kappa shape index (κ3) is 24.2. The molecule has 0 aliphatic heterocycles. The SMILES string of the molecule is CCC1CCC(C(=O)Oc2ccc(C=CC(=O)OCCCCCCCCCCCOC(=O)c3cc(N)cc(N)c3)cc2)CC1.CCCC1CCC(C(=O)Oc2ccc(C=CC(=O)OCCOC(=O)c3cc(N)cc(N)c3)cc2)CC1. The Morgan fingerprint density at radius 3 is 1.19 bits per heavy atom. The summed E-state index contributed by atoms with van der Waals surface area (Å²) in [7, 11) is 0. The van der Waals surface area contributed by atoms with Crippen LogP contribution in [-0.4, -0.2) is 62.2 Å². The van der Waals surface area contributed by atoms with Gasteiger partial charge in [0.25, 0.3) is 0 Å². The molecule has 2 aliphatic carbocycles. The minimum atomic E-state index is -0.606. The van der Waals surface area contributed by atoms with E-state index in [0.29, 0.717) is 53.0 Å². The van der Waals surface area contributed by atoms with Gasteiger partial charge in [-0.2, -0.15) is 0 Å². The third-order valence-electron chi connectivity index (χ3n) is 14.4. The highest BCUT2D eigenvalue weighted by molar-refractivity contribution is 5.92. The van der Waals surface area contributed by atoms with Crippen molar-refractivity contribution in [3.8, 4) is 11.5 Å². The number of hydrogen-bond acceptors (Lipinski definition) is 16. The van der Waals surface area contributed by atoms with Crippen LogP contribution in [0.4, 0.5) is 22.7 Å². The molecule has 2 fully saturated rings. The highest BCUT2D eigenvalue weighted by Crippen LogP contribution is 2.34. The van der Waals surface area contributed by atoms with Crippen LogP contribution < -0.4 is 32.4 Å². The second-order valence-electron chi connectivity index (χ2n) is 20.8. The number of anilines is 4. The number of rotatable bonds is 28. The third-order valence-corrected chi connectivity index (χ3v) is 14.4. The standard InChI is InChI=1S/C36H50N2O6.C28H34N2O6/c1-2-27-12-17-29(18-13-27)36(41)44-33-19-14-28(15-20-33)16-21-34(39)42-22-10-8-6-4-3-5-7-9-11-23-43-35(40)30-24-31(37)26-32(38)25-30;1-2-3-19-4-9-21(10-5-19)28(33)36-25-11-6-20(7-12-25)8-13-26(31)34-14-15-35-27(32)22-16-23(29)18-24(30)17-22/h14-16,19-21,24-27,29H,2-13,17-18,22-23,37-38H2,1H3;6-8,11-13,16-19,21H,2-5,9-10,14-15,29-30H2,1H3. The molecule has 0 aromatic heterocycles. The summed E-state index contributed by atoms with van der Waals surface area (Å²) >= 11 is 0. The molecule has 0 unspecified atom stereocenters. The Bertz CT molecular complexity index is 2590. The van der Waals surface area contributed by atoms with Crippen molar-refractivity contribution in [1.29, 1.82) is 0 Å². The van der Waals surface area contributed by atoms with Gasteiger partial charge in [0.1, 0.15) is 24.7 Å². The second-order valence-corrected chi connectivity index (χ2v) is 20.8. The van der Waals surface area contributed by atoms with Crippen LogP contribution >= 0.6 is 0 Å². The van der Waals surface area contributed by atoms with Crippen molar-refractivity contribution in [2.45, 2.75) is 142 Å². The first-order valence-electron chi connectivity index (χ1n) is 28.7. The summed E-state index contributed by atoms with van der Waals surface area (Å²) in [4.78, 5) is 73.0. The number of unbranched alkanes of at least 4 members (excludes halogenated alkanes) is 8. The lowest BCUT2D eigenvalue weighted by molar-refractivity contribution is -0.141. The summed E-state index contributed by atoms with van der Waals surface area (Å²) in [6, 6.07) is 23.3. The number of hydrogen-bond donors (Lipinski definition) is 4. The number of ether oxygens (including phenoxy) is 6. The first-order valence-corrected chi connectivity index (χ1v) is 28.7. The van der Waals surface area contributed by atoms with Gasteiger partial charge in [-0.3, -0.25) is 9.59 Å². The van der Waals surface area contributed by atoms with Crippen molar-refractivity contribution >= 4 is 70.7 Å². The molecule has 432 valence electrons. The summed E-state index contributed by atoms with van der Waals surface area (Å²) in [5.74, 6) is 0.227. The Hall–Kier alpha value is -7.62. The maximum atomic E-state index is 12.5. The van der Waals surface area contributed by atoms with Gasteiger partial charge in [-0.05, 0) is 160 Å². The monoisotopic (exact) mass is 1100 g/mol. The molecular formula is C64H84N4O12. The van der Waals surface area contributed by atoms with E-state index < -0.39 is 17.9 Å². The Kier molecular flexibility index (Phi) is 27.7. The van der Waals surface area contributed by atoms with Crippen LogP contribution in [0, 0.1) is 23.7 Å². The average Bonchev–Trinajstić information content (AvgIpc) is 3.44. The van der Waals surface area contributed by atoms with Crippen LogP contribution in [0.5, 0.6) is 11.5 Å². The van der Waals surface area contributed by atoms with Gasteiger partial charge in [0.05, 0.1) is 36.2 Å². The van der Waals surface area contributed by atoms with E-state index in [0.717, 1.165) is 126 Å². The molecule has 16 heteroatoms. The van der Waals surface area contributed by atoms with E-state index in [1.165, 1.54) is 56.0 Å². The van der Waals surface area contributed by atoms with Crippen LogP contribution in [0.2, 0.25) is 0 Å². The van der Waals surface area contributed by atoms with Gasteiger partial charge >= 0.3 is 35.8 Å². The Morgan fingerprint density at radius 1 is 0.438 bits per heavy atom. The van der Waals surface area contributed by atoms with Gasteiger partial charge in [-0.25, -0.2) is 19.2 Å². The van der Waals surface area contributed by atoms with Crippen LogP contribution in [0.3, 0.4) is 0 Å². The van der Waals surface area contributed by atoms with Gasteiger partial charge in [0.15, 0.2) is 0 Å². The number of nitrogen functional groups attached to an aromatic ring is 4. The molecule has 4 aromatic carbocycles. The largest absolute Gasteiger partial charge is 0.463 e. The maximum absolute atomic E-state index is 12.5. The van der Waals surface area contributed by atoms with E-state index >= 15 is 0 Å². The van der Waals surface area contributed by atoms with Crippen molar-refractivity contribution in [3.05, 3.63) is 119 Å². The van der Waals surface area contributed by atoms with E-state index in [4.69, 9.17) is 51.4 Å². The first kappa shape index (κ1) is 63.2. The Labute approximate surface area is 472 Å². The fraction of sp³-hybridized carbons (Fsp3) is 0.469. The van der Waals surface area contributed by atoms with E-state index in [9.17, 15) is 28.8 Å². The van der Waals surface area contributed by atoms with E-state index in [2.05, 4.69) is 13.8 Å². The van der Waals surface area contributed by atoms with Crippen LogP contribution in [0.1, 0.15) is 174 Å². The highest BCUT2D eigenvalue weighted by Gasteiger charge is 2.28. The van der Waals surface area contributed by atoms with E-state index in [-0.39, 0.29) is 48.5 Å². The predicted octanol–water partition coefficient (Wildman–Crippen LogP) is 12.7. The Morgan fingerprint density at radius 2 is 0.787 bits per heavy atom. The van der Waals surface area contributed by atoms with Gasteiger partial charge in [-0.15, -0.1) is 0 Å². The van der Waals surface area contributed by atoms with E-state index in [1.807, 2.05) is 12.1 Å². The average molecular weight is 1100 g/mol. The zero-order valence-electron chi connectivity index (χ0n) is 46.9. The molecule has 0 bridgehead atoms. The number of carbonyl (C=O) groups excluding carboxylic acids is 6. The molecule has 4 aromatic rings. The summed E-state index contributed by atoms with van der Waals surface area (Å²) in [6.07, 6.45) is 27.0. The molecular weight excluding hydrogens is 1020 g/mol. The fourth-order valence-electron chi connectivity index (χ4n) is 9.83. The van der Waals surface area contributed by atoms with Gasteiger partial charge < -0.3 is 51.4 Å². The van der Waals surface area contributed by atoms with Crippen molar-refractivity contribution in [3.63, 3.8) is 0 Å². The molecule has 0 amide bonds. The molecule has 16 nitrogen and oxygen atoms in total. The summed E-state index contributed by atoms with van der Waals surface area (Å²) in [6.45, 7) is 5.02. The molecule has 0 atom stereocenters. The van der Waals surface area contributed by atoms with Gasteiger partial charge in [0.2, 0.25) is 0 Å². The summed E-state index contributed by atoms with van der Waals surface area (Å²) in [5, 5.41) is 0. The molecule has 6 rings (SSSR count). The fourth-order valence-corrected chi connectivity index (χ4v) is 9.83. The quantitative estimate of drug-likeness (QED) is 0.0103. The van der Waals surface area contributed by atoms with E-state index in [1.54, 1.807) is 66.7 Å². The lowest BCUT2D eigenvalue weighted by Crippen LogP contribution is -2.25. The summed E-state index contributed by atoms with van der Waals surface area (Å²) < 4.78 is 31.9. The van der Waals surface area contributed by atoms with Crippen molar-refractivity contribution < 1.29 is 57.2 Å². The zero-order chi connectivity index (χ0) is 57.5. The molecule has 2 saturated carbocycles. The van der Waals surface area contributed by atoms with Crippen LogP contribution in [0.15, 0.2) is 97.1 Å². The normalized spacial score (nSPS) is 16.9. The number of carbonyl (C=O) groups is 6. The highest BCUT2D eigenvalue weighted by atomic mass is 16.6. The topological polar surface area (TPSA) is 262 Å². The van der Waals surface area contributed by atoms with Crippen LogP contribution in [-0.2, 0) is 38.1 Å². The second kappa shape index (κ2) is 35.1. The molecule has 8 N–H and O–H groups in total. The number of nitrogens with two attached hydrogens (primary N) is 4. The van der Waals surface area contributed by atoms with Gasteiger partial charge in [-0.1, -0.05) is 102 Å². The lowest BCUT2D eigenvalue weighted by Gasteiger charge is -2.26. The Balaban J connectivity index is 0.000000300. The van der Waals surface area contributed by atoms with Gasteiger partial charge in [0, 0.05) is 34.9 Å².